The van der Waals surface area contributed by atoms with Crippen molar-refractivity contribution in [3.05, 3.63) is 28.5 Å². The summed E-state index contributed by atoms with van der Waals surface area (Å²) in [6.07, 6.45) is 8.65. The molecule has 0 aromatic carbocycles. The van der Waals surface area contributed by atoms with Crippen LogP contribution in [0.3, 0.4) is 0 Å². The van der Waals surface area contributed by atoms with Crippen LogP contribution in [-0.2, 0) is 0 Å². The van der Waals surface area contributed by atoms with Crippen LogP contribution in [0, 0.1) is 11.8 Å². The summed E-state index contributed by atoms with van der Waals surface area (Å²) >= 11 is 3.63. The predicted octanol–water partition coefficient (Wildman–Crippen LogP) is 4.32. The predicted molar refractivity (Wildman–Crippen MR) is 79.5 cm³/mol. The number of halogens is 1. The first-order valence-electron chi connectivity index (χ1n) is 7.04. The average Bonchev–Trinajstić information content (AvgIpc) is 2.42. The summed E-state index contributed by atoms with van der Waals surface area (Å²) in [4.78, 5) is 4.57. The van der Waals surface area contributed by atoms with Gasteiger partial charge in [-0.25, -0.2) is 0 Å². The number of pyridine rings is 1. The Bertz CT molecular complexity index is 381. The van der Waals surface area contributed by atoms with Crippen LogP contribution in [0.25, 0.3) is 0 Å². The smallest absolute Gasteiger partial charge is 0.0717 e. The van der Waals surface area contributed by atoms with Crippen LogP contribution in [0.15, 0.2) is 22.8 Å². The van der Waals surface area contributed by atoms with Crippen molar-refractivity contribution in [3.8, 4) is 0 Å². The van der Waals surface area contributed by atoms with Gasteiger partial charge in [0.15, 0.2) is 0 Å². The zero-order valence-electron chi connectivity index (χ0n) is 11.3. The van der Waals surface area contributed by atoms with E-state index in [0.29, 0.717) is 6.04 Å². The first-order valence-corrected chi connectivity index (χ1v) is 7.83. The van der Waals surface area contributed by atoms with E-state index in [2.05, 4.69) is 46.3 Å². The highest BCUT2D eigenvalue weighted by atomic mass is 79.9. The van der Waals surface area contributed by atoms with Gasteiger partial charge in [0.1, 0.15) is 0 Å². The number of rotatable bonds is 4. The van der Waals surface area contributed by atoms with E-state index in [9.17, 15) is 0 Å². The Morgan fingerprint density at radius 1 is 1.50 bits per heavy atom. The molecule has 0 aliphatic heterocycles. The highest BCUT2D eigenvalue weighted by molar-refractivity contribution is 9.10. The molecule has 2 nitrogen and oxygen atoms in total. The second-order valence-corrected chi connectivity index (χ2v) is 6.19. The van der Waals surface area contributed by atoms with Crippen LogP contribution in [0.5, 0.6) is 0 Å². The van der Waals surface area contributed by atoms with Crippen molar-refractivity contribution in [2.75, 3.05) is 7.05 Å². The Hall–Kier alpha value is -0.410. The molecule has 100 valence electrons. The first kappa shape index (κ1) is 14.0. The molecule has 3 heteroatoms. The molecular weight excluding hydrogens is 288 g/mol. The molecule has 18 heavy (non-hydrogen) atoms. The number of hydrogen-bond donors (Lipinski definition) is 1. The molecule has 1 N–H and O–H groups in total. The molecule has 0 spiro atoms. The zero-order valence-corrected chi connectivity index (χ0v) is 12.9. The summed E-state index contributed by atoms with van der Waals surface area (Å²) in [5.41, 5.74) is 1.17. The Balaban J connectivity index is 2.15. The largest absolute Gasteiger partial charge is 0.311 e. The van der Waals surface area contributed by atoms with Crippen molar-refractivity contribution in [3.63, 3.8) is 0 Å². The van der Waals surface area contributed by atoms with E-state index in [1.54, 1.807) is 0 Å². The fourth-order valence-electron chi connectivity index (χ4n) is 3.23. The standard InChI is InChI=1S/C15H23BrN2/c1-3-11-6-4-7-12(10-11)14(17-2)15-13(16)8-5-9-18-15/h5,8-9,11-12,14,17H,3-4,6-7,10H2,1-2H3. The third-order valence-electron chi connectivity index (χ3n) is 4.26. The van der Waals surface area contributed by atoms with E-state index in [1.807, 2.05) is 12.3 Å². The maximum absolute atomic E-state index is 4.57. The van der Waals surface area contributed by atoms with Crippen molar-refractivity contribution >= 4 is 15.9 Å². The molecule has 3 atom stereocenters. The number of aromatic nitrogens is 1. The Labute approximate surface area is 119 Å². The van der Waals surface area contributed by atoms with Gasteiger partial charge in [-0.1, -0.05) is 26.2 Å². The van der Waals surface area contributed by atoms with Crippen molar-refractivity contribution < 1.29 is 0 Å². The molecule has 1 saturated carbocycles. The van der Waals surface area contributed by atoms with Crippen LogP contribution >= 0.6 is 15.9 Å². The maximum atomic E-state index is 4.57. The van der Waals surface area contributed by atoms with Crippen molar-refractivity contribution in [2.24, 2.45) is 11.8 Å². The molecule has 0 bridgehead atoms. The van der Waals surface area contributed by atoms with Gasteiger partial charge in [0.25, 0.3) is 0 Å². The fraction of sp³-hybridized carbons (Fsp3) is 0.667. The summed E-state index contributed by atoms with van der Waals surface area (Å²) in [6, 6.07) is 4.46. The minimum atomic E-state index is 0.384. The van der Waals surface area contributed by atoms with Crippen LogP contribution < -0.4 is 5.32 Å². The number of nitrogens with one attached hydrogen (secondary N) is 1. The Kier molecular flexibility index (Phi) is 5.19. The second kappa shape index (κ2) is 6.67. The van der Waals surface area contributed by atoms with Gasteiger partial charge in [-0.15, -0.1) is 0 Å². The van der Waals surface area contributed by atoms with E-state index >= 15 is 0 Å². The third kappa shape index (κ3) is 3.12. The quantitative estimate of drug-likeness (QED) is 0.895. The second-order valence-electron chi connectivity index (χ2n) is 5.34. The molecule has 1 heterocycles. The molecule has 1 aliphatic rings. The van der Waals surface area contributed by atoms with Crippen LogP contribution in [-0.4, -0.2) is 12.0 Å². The number of nitrogens with zero attached hydrogens (tertiary/aromatic N) is 1. The normalized spacial score (nSPS) is 25.9. The highest BCUT2D eigenvalue weighted by Gasteiger charge is 2.29. The maximum Gasteiger partial charge on any atom is 0.0717 e. The SMILES string of the molecule is CCC1CCCC(C(NC)c2ncccc2Br)C1. The van der Waals surface area contributed by atoms with E-state index in [4.69, 9.17) is 0 Å². The molecule has 1 aromatic heterocycles. The Morgan fingerprint density at radius 2 is 2.33 bits per heavy atom. The van der Waals surface area contributed by atoms with E-state index in [-0.39, 0.29) is 0 Å². The first-order chi connectivity index (χ1) is 8.76. The van der Waals surface area contributed by atoms with Gasteiger partial charge in [-0.3, -0.25) is 4.98 Å². The molecular formula is C15H23BrN2. The molecule has 1 fully saturated rings. The van der Waals surface area contributed by atoms with Crippen LogP contribution in [0.1, 0.15) is 50.8 Å². The average molecular weight is 311 g/mol. The molecule has 2 rings (SSSR count). The van der Waals surface area contributed by atoms with Gasteiger partial charge in [0.05, 0.1) is 11.7 Å². The monoisotopic (exact) mass is 310 g/mol. The van der Waals surface area contributed by atoms with E-state index < -0.39 is 0 Å². The fourth-order valence-corrected chi connectivity index (χ4v) is 3.73. The summed E-state index contributed by atoms with van der Waals surface area (Å²) in [6.45, 7) is 2.32. The molecule has 1 aromatic rings. The third-order valence-corrected chi connectivity index (χ3v) is 4.94. The summed E-state index contributed by atoms with van der Waals surface area (Å²) in [5.74, 6) is 1.63. The van der Waals surface area contributed by atoms with Crippen molar-refractivity contribution in [1.29, 1.82) is 0 Å². The molecule has 0 radical (unpaired) electrons. The Morgan fingerprint density at radius 3 is 3.00 bits per heavy atom. The van der Waals surface area contributed by atoms with Gasteiger partial charge in [0.2, 0.25) is 0 Å². The molecule has 3 unspecified atom stereocenters. The molecule has 1 aliphatic carbocycles. The van der Waals surface area contributed by atoms with Gasteiger partial charge >= 0.3 is 0 Å². The van der Waals surface area contributed by atoms with Gasteiger partial charge in [-0.05, 0) is 59.8 Å². The van der Waals surface area contributed by atoms with Gasteiger partial charge < -0.3 is 5.32 Å². The van der Waals surface area contributed by atoms with Crippen LogP contribution in [0.4, 0.5) is 0 Å². The molecule has 0 saturated heterocycles. The lowest BCUT2D eigenvalue weighted by Gasteiger charge is -2.34. The summed E-state index contributed by atoms with van der Waals surface area (Å²) in [7, 11) is 2.06. The molecule has 0 amide bonds. The zero-order chi connectivity index (χ0) is 13.0. The van der Waals surface area contributed by atoms with Gasteiger partial charge in [-0.2, -0.15) is 0 Å². The summed E-state index contributed by atoms with van der Waals surface area (Å²) in [5, 5.41) is 3.48. The topological polar surface area (TPSA) is 24.9 Å². The lowest BCUT2D eigenvalue weighted by atomic mass is 9.76. The van der Waals surface area contributed by atoms with Crippen molar-refractivity contribution in [2.45, 2.75) is 45.1 Å². The van der Waals surface area contributed by atoms with Crippen LogP contribution in [0.2, 0.25) is 0 Å². The summed E-state index contributed by atoms with van der Waals surface area (Å²) < 4.78 is 1.13. The van der Waals surface area contributed by atoms with E-state index in [0.717, 1.165) is 16.3 Å². The highest BCUT2D eigenvalue weighted by Crippen LogP contribution is 2.39. The minimum Gasteiger partial charge on any atom is -0.311 e. The van der Waals surface area contributed by atoms with E-state index in [1.165, 1.54) is 37.8 Å². The lowest BCUT2D eigenvalue weighted by Crippen LogP contribution is -2.30. The lowest BCUT2D eigenvalue weighted by molar-refractivity contribution is 0.212. The minimum absolute atomic E-state index is 0.384. The van der Waals surface area contributed by atoms with Crippen molar-refractivity contribution in [1.82, 2.24) is 10.3 Å². The van der Waals surface area contributed by atoms with Gasteiger partial charge in [0, 0.05) is 10.7 Å². The number of hydrogen-bond acceptors (Lipinski definition) is 2.